The highest BCUT2D eigenvalue weighted by atomic mass is 16.5. The molecule has 5 heteroatoms. The van der Waals surface area contributed by atoms with Crippen molar-refractivity contribution in [3.8, 4) is 5.75 Å². The highest BCUT2D eigenvalue weighted by Gasteiger charge is 2.24. The van der Waals surface area contributed by atoms with Crippen LogP contribution in [0.1, 0.15) is 10.4 Å². The average molecular weight is 350 g/mol. The molecule has 3 aromatic rings. The molecule has 1 aliphatic heterocycles. The van der Waals surface area contributed by atoms with E-state index in [1.54, 1.807) is 7.11 Å². The Morgan fingerprint density at radius 3 is 2.65 bits per heavy atom. The Bertz CT molecular complexity index is 896. The third-order valence-corrected chi connectivity index (χ3v) is 5.19. The molecule has 0 aliphatic carbocycles. The number of aromatic amines is 1. The van der Waals surface area contributed by atoms with Crippen LogP contribution in [-0.2, 0) is 0 Å². The van der Waals surface area contributed by atoms with E-state index in [1.807, 2.05) is 30.5 Å². The maximum atomic E-state index is 12.8. The number of benzene rings is 2. The Labute approximate surface area is 153 Å². The molecule has 2 heterocycles. The number of nitrogens with one attached hydrogen (secondary N) is 2. The number of ether oxygens (including phenoxy) is 1. The summed E-state index contributed by atoms with van der Waals surface area (Å²) in [6, 6.07) is 16.3. The van der Waals surface area contributed by atoms with Gasteiger partial charge in [-0.15, -0.1) is 0 Å². The molecule has 0 unspecified atom stereocenters. The Kier molecular flexibility index (Phi) is 4.63. The standard InChI is InChI=1S/C21H23N3O2/c1-26-17-7-8-18-19(14-22-20(18)13-17)21(25)15-23-9-11-24(12-10-23)16-5-3-2-4-6-16/h2-8,13-14,22H,9-12,15H2,1H3/p+1. The summed E-state index contributed by atoms with van der Waals surface area (Å²) in [5, 5.41) is 0.970. The number of carbonyl (C=O) groups is 1. The van der Waals surface area contributed by atoms with E-state index in [1.165, 1.54) is 10.6 Å². The number of piperazine rings is 1. The first-order valence-corrected chi connectivity index (χ1v) is 9.06. The van der Waals surface area contributed by atoms with Crippen molar-refractivity contribution in [3.63, 3.8) is 0 Å². The molecule has 1 fully saturated rings. The van der Waals surface area contributed by atoms with Crippen LogP contribution in [0.3, 0.4) is 0 Å². The molecule has 26 heavy (non-hydrogen) atoms. The van der Waals surface area contributed by atoms with Gasteiger partial charge in [-0.3, -0.25) is 4.79 Å². The molecule has 0 bridgehead atoms. The molecule has 5 nitrogen and oxygen atoms in total. The quantitative estimate of drug-likeness (QED) is 0.690. The molecule has 0 amide bonds. The molecule has 134 valence electrons. The summed E-state index contributed by atoms with van der Waals surface area (Å²) < 4.78 is 5.25. The van der Waals surface area contributed by atoms with Gasteiger partial charge in [-0.05, 0) is 24.3 Å². The van der Waals surface area contributed by atoms with Crippen LogP contribution in [0.5, 0.6) is 5.75 Å². The van der Waals surface area contributed by atoms with Crippen molar-refractivity contribution in [2.75, 3.05) is 44.7 Å². The minimum Gasteiger partial charge on any atom is -0.497 e. The number of hydrogen-bond acceptors (Lipinski definition) is 3. The van der Waals surface area contributed by atoms with E-state index in [0.717, 1.165) is 48.4 Å². The number of para-hydroxylation sites is 1. The van der Waals surface area contributed by atoms with Gasteiger partial charge in [-0.25, -0.2) is 0 Å². The van der Waals surface area contributed by atoms with Crippen LogP contribution in [0.25, 0.3) is 10.9 Å². The van der Waals surface area contributed by atoms with Gasteiger partial charge in [0.1, 0.15) is 12.3 Å². The highest BCUT2D eigenvalue weighted by Crippen LogP contribution is 2.23. The van der Waals surface area contributed by atoms with Crippen LogP contribution in [0.15, 0.2) is 54.7 Å². The molecular weight excluding hydrogens is 326 g/mol. The van der Waals surface area contributed by atoms with Gasteiger partial charge in [0, 0.05) is 34.4 Å². The van der Waals surface area contributed by atoms with E-state index < -0.39 is 0 Å². The molecule has 1 saturated heterocycles. The predicted molar refractivity (Wildman–Crippen MR) is 103 cm³/mol. The fourth-order valence-corrected chi connectivity index (χ4v) is 3.68. The zero-order valence-corrected chi connectivity index (χ0v) is 15.0. The number of hydrogen-bond donors (Lipinski definition) is 2. The number of Topliss-reactive ketones (excluding diaryl/α,β-unsaturated/α-hetero) is 1. The monoisotopic (exact) mass is 350 g/mol. The van der Waals surface area contributed by atoms with Crippen LogP contribution >= 0.6 is 0 Å². The number of methoxy groups -OCH3 is 1. The molecule has 0 saturated carbocycles. The van der Waals surface area contributed by atoms with Crippen molar-refractivity contribution >= 4 is 22.4 Å². The van der Waals surface area contributed by atoms with Gasteiger partial charge in [-0.2, -0.15) is 0 Å². The first-order valence-electron chi connectivity index (χ1n) is 9.06. The Hall–Kier alpha value is -2.79. The van der Waals surface area contributed by atoms with Crippen molar-refractivity contribution in [1.29, 1.82) is 0 Å². The number of aromatic nitrogens is 1. The summed E-state index contributed by atoms with van der Waals surface area (Å²) in [6.07, 6.45) is 1.83. The molecule has 4 rings (SSSR count). The maximum Gasteiger partial charge on any atom is 0.219 e. The van der Waals surface area contributed by atoms with Crippen molar-refractivity contribution in [3.05, 3.63) is 60.3 Å². The fraction of sp³-hybridized carbons (Fsp3) is 0.286. The van der Waals surface area contributed by atoms with E-state index in [9.17, 15) is 4.79 Å². The van der Waals surface area contributed by atoms with Crippen molar-refractivity contribution < 1.29 is 14.4 Å². The van der Waals surface area contributed by atoms with Crippen molar-refractivity contribution in [1.82, 2.24) is 4.98 Å². The number of nitrogens with zero attached hydrogens (tertiary/aromatic N) is 1. The average Bonchev–Trinajstić information content (AvgIpc) is 3.12. The molecular formula is C21H24N3O2+. The number of H-pyrrole nitrogens is 1. The lowest BCUT2D eigenvalue weighted by molar-refractivity contribution is -0.892. The van der Waals surface area contributed by atoms with E-state index in [0.29, 0.717) is 6.54 Å². The summed E-state index contributed by atoms with van der Waals surface area (Å²) in [6.45, 7) is 4.48. The molecule has 0 spiro atoms. The maximum absolute atomic E-state index is 12.8. The molecule has 1 aliphatic rings. The summed E-state index contributed by atoms with van der Waals surface area (Å²) >= 11 is 0. The zero-order valence-electron chi connectivity index (χ0n) is 15.0. The van der Waals surface area contributed by atoms with Crippen LogP contribution in [0, 0.1) is 0 Å². The summed E-state index contributed by atoms with van der Waals surface area (Å²) in [4.78, 5) is 19.7. The number of quaternary nitrogens is 1. The number of carbonyl (C=O) groups excluding carboxylic acids is 1. The molecule has 0 atom stereocenters. The Morgan fingerprint density at radius 1 is 1.15 bits per heavy atom. The van der Waals surface area contributed by atoms with E-state index in [2.05, 4.69) is 34.1 Å². The van der Waals surface area contributed by atoms with Crippen LogP contribution in [0.2, 0.25) is 0 Å². The Morgan fingerprint density at radius 2 is 1.92 bits per heavy atom. The minimum atomic E-state index is 0.199. The lowest BCUT2D eigenvalue weighted by Crippen LogP contribution is -3.15. The summed E-state index contributed by atoms with van der Waals surface area (Å²) in [5.41, 5.74) is 2.99. The van der Waals surface area contributed by atoms with Crippen LogP contribution in [0.4, 0.5) is 5.69 Å². The summed E-state index contributed by atoms with van der Waals surface area (Å²) in [7, 11) is 1.65. The number of anilines is 1. The lowest BCUT2D eigenvalue weighted by atomic mass is 10.1. The Balaban J connectivity index is 1.40. The first kappa shape index (κ1) is 16.7. The van der Waals surface area contributed by atoms with Gasteiger partial charge >= 0.3 is 0 Å². The van der Waals surface area contributed by atoms with Crippen molar-refractivity contribution in [2.24, 2.45) is 0 Å². The SMILES string of the molecule is COc1ccc2c(C(=O)C[NH+]3CCN(c4ccccc4)CC3)c[nH]c2c1. The summed E-state index contributed by atoms with van der Waals surface area (Å²) in [5.74, 6) is 0.991. The predicted octanol–water partition coefficient (Wildman–Crippen LogP) is 1.76. The zero-order chi connectivity index (χ0) is 17.9. The van der Waals surface area contributed by atoms with Crippen LogP contribution in [-0.4, -0.2) is 50.6 Å². The van der Waals surface area contributed by atoms with E-state index >= 15 is 0 Å². The second-order valence-electron chi connectivity index (χ2n) is 6.79. The molecule has 0 radical (unpaired) electrons. The third-order valence-electron chi connectivity index (χ3n) is 5.19. The number of ketones is 1. The normalized spacial score (nSPS) is 15.3. The van der Waals surface area contributed by atoms with E-state index in [4.69, 9.17) is 4.74 Å². The van der Waals surface area contributed by atoms with Gasteiger partial charge in [-0.1, -0.05) is 18.2 Å². The third kappa shape index (κ3) is 3.30. The van der Waals surface area contributed by atoms with Gasteiger partial charge in [0.2, 0.25) is 5.78 Å². The van der Waals surface area contributed by atoms with E-state index in [-0.39, 0.29) is 5.78 Å². The fourth-order valence-electron chi connectivity index (χ4n) is 3.68. The largest absolute Gasteiger partial charge is 0.497 e. The highest BCUT2D eigenvalue weighted by molar-refractivity contribution is 6.08. The minimum absolute atomic E-state index is 0.199. The van der Waals surface area contributed by atoms with Gasteiger partial charge in [0.05, 0.1) is 33.3 Å². The topological polar surface area (TPSA) is 49.8 Å². The first-order chi connectivity index (χ1) is 12.7. The molecule has 1 aromatic heterocycles. The second kappa shape index (κ2) is 7.22. The smallest absolute Gasteiger partial charge is 0.219 e. The van der Waals surface area contributed by atoms with Crippen molar-refractivity contribution in [2.45, 2.75) is 0 Å². The second-order valence-corrected chi connectivity index (χ2v) is 6.79. The number of fused-ring (bicyclic) bond motifs is 1. The van der Waals surface area contributed by atoms with Gasteiger partial charge in [0.15, 0.2) is 0 Å². The van der Waals surface area contributed by atoms with Crippen LogP contribution < -0.4 is 14.5 Å². The number of rotatable bonds is 5. The lowest BCUT2D eigenvalue weighted by Gasteiger charge is -2.33. The van der Waals surface area contributed by atoms with Gasteiger partial charge < -0.3 is 19.5 Å². The molecule has 2 N–H and O–H groups in total. The van der Waals surface area contributed by atoms with Gasteiger partial charge in [0.25, 0.3) is 0 Å². The molecule has 2 aromatic carbocycles.